The lowest BCUT2D eigenvalue weighted by Crippen LogP contribution is -2.60. The van der Waals surface area contributed by atoms with Crippen LogP contribution in [0.1, 0.15) is 0 Å². The zero-order valence-electron chi connectivity index (χ0n) is 19.0. The van der Waals surface area contributed by atoms with Crippen molar-refractivity contribution in [2.45, 2.75) is 30.7 Å². The first-order valence-electron chi connectivity index (χ1n) is 10.6. The van der Waals surface area contributed by atoms with Crippen molar-refractivity contribution in [1.29, 1.82) is 0 Å². The second-order valence-corrected chi connectivity index (χ2v) is 7.94. The summed E-state index contributed by atoms with van der Waals surface area (Å²) in [5, 5.41) is 69.9. The Hall–Kier alpha value is -3.75. The van der Waals surface area contributed by atoms with E-state index >= 15 is 0 Å². The molecule has 13 heteroatoms. The summed E-state index contributed by atoms with van der Waals surface area (Å²) in [5.41, 5.74) is -1.19. The van der Waals surface area contributed by atoms with Crippen LogP contribution in [0.25, 0.3) is 22.3 Å². The van der Waals surface area contributed by atoms with Gasteiger partial charge in [0.25, 0.3) is 0 Å². The van der Waals surface area contributed by atoms with Crippen LogP contribution in [0.2, 0.25) is 0 Å². The molecule has 0 aliphatic carbocycles. The fourth-order valence-electron chi connectivity index (χ4n) is 3.87. The van der Waals surface area contributed by atoms with Crippen molar-refractivity contribution in [3.05, 3.63) is 34.5 Å². The van der Waals surface area contributed by atoms with E-state index in [1.54, 1.807) is 0 Å². The van der Waals surface area contributed by atoms with E-state index in [1.165, 1.54) is 20.3 Å². The fourth-order valence-corrected chi connectivity index (χ4v) is 3.87. The van der Waals surface area contributed by atoms with Crippen molar-refractivity contribution < 1.29 is 59.1 Å². The van der Waals surface area contributed by atoms with Gasteiger partial charge >= 0.3 is 0 Å². The molecule has 2 aromatic carbocycles. The van der Waals surface area contributed by atoms with Crippen molar-refractivity contribution in [3.63, 3.8) is 0 Å². The van der Waals surface area contributed by atoms with E-state index in [0.29, 0.717) is 0 Å². The Balaban J connectivity index is 1.98. The number of fused-ring (bicyclic) bond motifs is 1. The average Bonchev–Trinajstić information content (AvgIpc) is 2.86. The minimum absolute atomic E-state index is 0.0215. The number of aliphatic hydroxyl groups excluding tert-OH is 4. The Morgan fingerprint density at radius 2 is 1.61 bits per heavy atom. The zero-order chi connectivity index (χ0) is 26.3. The molecule has 1 aromatic heterocycles. The maximum absolute atomic E-state index is 13.6. The second kappa shape index (κ2) is 9.72. The van der Waals surface area contributed by atoms with Crippen LogP contribution in [0.5, 0.6) is 34.5 Å². The summed E-state index contributed by atoms with van der Waals surface area (Å²) in [6.07, 6.45) is -8.44. The summed E-state index contributed by atoms with van der Waals surface area (Å²) < 4.78 is 27.3. The Kier molecular flexibility index (Phi) is 6.84. The van der Waals surface area contributed by atoms with E-state index in [2.05, 4.69) is 0 Å². The molecule has 4 rings (SSSR count). The zero-order valence-corrected chi connectivity index (χ0v) is 19.0. The van der Waals surface area contributed by atoms with Gasteiger partial charge in [-0.05, 0) is 18.2 Å². The smallest absolute Gasteiger partial charge is 0.239 e. The molecule has 7 N–H and O–H groups in total. The van der Waals surface area contributed by atoms with Gasteiger partial charge in [0.2, 0.25) is 23.2 Å². The molecule has 1 fully saturated rings. The Morgan fingerprint density at radius 3 is 2.22 bits per heavy atom. The van der Waals surface area contributed by atoms with Gasteiger partial charge in [0.15, 0.2) is 28.6 Å². The first kappa shape index (κ1) is 25.3. The number of benzene rings is 2. The predicted molar refractivity (Wildman–Crippen MR) is 120 cm³/mol. The standard InChI is InChI=1S/C23H24O13/c1-32-12-6-11(27)14-16(29)22(36-23-18(31)17(30)15(28)13(7-24)34-23)19(35-21(14)20(12)33-2)8-3-4-9(25)10(26)5-8/h3-6,13,15,17-18,23-28,30-31H,7H2,1-2H3/t13-,15-,17+,18-,23+/m1/s1. The van der Waals surface area contributed by atoms with Crippen molar-refractivity contribution in [3.8, 4) is 45.8 Å². The number of phenolic OH excluding ortho intramolecular Hbond substituents is 3. The lowest BCUT2D eigenvalue weighted by Gasteiger charge is -2.39. The summed E-state index contributed by atoms with van der Waals surface area (Å²) in [6, 6.07) is 4.58. The Morgan fingerprint density at radius 1 is 0.889 bits per heavy atom. The van der Waals surface area contributed by atoms with Gasteiger partial charge in [-0.25, -0.2) is 0 Å². The van der Waals surface area contributed by atoms with Gasteiger partial charge < -0.3 is 59.1 Å². The van der Waals surface area contributed by atoms with Gasteiger partial charge in [-0.15, -0.1) is 0 Å². The average molecular weight is 508 g/mol. The molecule has 0 amide bonds. The molecule has 2 heterocycles. The highest BCUT2D eigenvalue weighted by Crippen LogP contribution is 2.44. The molecule has 5 atom stereocenters. The molecule has 0 unspecified atom stereocenters. The van der Waals surface area contributed by atoms with E-state index in [4.69, 9.17) is 23.4 Å². The molecule has 3 aromatic rings. The van der Waals surface area contributed by atoms with Crippen LogP contribution in [0.4, 0.5) is 0 Å². The van der Waals surface area contributed by atoms with Crippen molar-refractivity contribution in [1.82, 2.24) is 0 Å². The van der Waals surface area contributed by atoms with Crippen LogP contribution in [0, 0.1) is 0 Å². The quantitative estimate of drug-likeness (QED) is 0.215. The predicted octanol–water partition coefficient (Wildman–Crippen LogP) is -0.227. The number of hydrogen-bond donors (Lipinski definition) is 7. The topological polar surface area (TPSA) is 209 Å². The third kappa shape index (κ3) is 4.12. The number of phenols is 3. The first-order valence-corrected chi connectivity index (χ1v) is 10.6. The van der Waals surface area contributed by atoms with Crippen molar-refractivity contribution in [2.24, 2.45) is 0 Å². The minimum Gasteiger partial charge on any atom is -0.507 e. The number of aromatic hydroxyl groups is 3. The number of methoxy groups -OCH3 is 2. The van der Waals surface area contributed by atoms with E-state index < -0.39 is 65.7 Å². The van der Waals surface area contributed by atoms with Gasteiger partial charge in [0.05, 0.1) is 20.8 Å². The number of rotatable bonds is 6. The van der Waals surface area contributed by atoms with E-state index in [1.807, 2.05) is 0 Å². The SMILES string of the molecule is COc1cc(O)c2c(=O)c(O[C@@H]3O[C@H](CO)[C@@H](O)[C@H](O)[C@H]3O)c(-c3ccc(O)c(O)c3)oc2c1OC. The summed E-state index contributed by atoms with van der Waals surface area (Å²) in [6.45, 7) is -0.742. The van der Waals surface area contributed by atoms with Gasteiger partial charge in [-0.2, -0.15) is 0 Å². The molecule has 1 aliphatic heterocycles. The lowest BCUT2D eigenvalue weighted by atomic mass is 9.99. The first-order chi connectivity index (χ1) is 17.1. The maximum Gasteiger partial charge on any atom is 0.239 e. The number of ether oxygens (including phenoxy) is 4. The van der Waals surface area contributed by atoms with Crippen molar-refractivity contribution >= 4 is 11.0 Å². The molecule has 1 aliphatic rings. The maximum atomic E-state index is 13.6. The van der Waals surface area contributed by atoms with Crippen LogP contribution >= 0.6 is 0 Å². The molecular formula is C23H24O13. The van der Waals surface area contributed by atoms with Gasteiger partial charge in [0, 0.05) is 11.6 Å². The summed E-state index contributed by atoms with van der Waals surface area (Å²) in [7, 11) is 2.58. The number of aliphatic hydroxyl groups is 4. The van der Waals surface area contributed by atoms with Crippen LogP contribution in [0.15, 0.2) is 33.5 Å². The molecule has 0 radical (unpaired) electrons. The summed E-state index contributed by atoms with van der Waals surface area (Å²) >= 11 is 0. The van der Waals surface area contributed by atoms with Crippen LogP contribution in [0.3, 0.4) is 0 Å². The van der Waals surface area contributed by atoms with E-state index in [9.17, 15) is 40.5 Å². The van der Waals surface area contributed by atoms with Gasteiger partial charge in [-0.3, -0.25) is 4.79 Å². The Labute approximate surface area is 202 Å². The molecular weight excluding hydrogens is 484 g/mol. The van der Waals surface area contributed by atoms with E-state index in [0.717, 1.165) is 18.2 Å². The highest BCUT2D eigenvalue weighted by atomic mass is 16.7. The number of hydrogen-bond acceptors (Lipinski definition) is 13. The summed E-state index contributed by atoms with van der Waals surface area (Å²) in [5.74, 6) is -2.57. The minimum atomic E-state index is -1.86. The second-order valence-electron chi connectivity index (χ2n) is 7.94. The fraction of sp³-hybridized carbons (Fsp3) is 0.348. The molecule has 13 nitrogen and oxygen atoms in total. The Bertz CT molecular complexity index is 1330. The largest absolute Gasteiger partial charge is 0.507 e. The lowest BCUT2D eigenvalue weighted by molar-refractivity contribution is -0.277. The molecule has 1 saturated heterocycles. The molecule has 0 bridgehead atoms. The molecule has 0 spiro atoms. The highest BCUT2D eigenvalue weighted by molar-refractivity contribution is 5.93. The normalized spacial score (nSPS) is 24.0. The van der Waals surface area contributed by atoms with Gasteiger partial charge in [0.1, 0.15) is 35.6 Å². The van der Waals surface area contributed by atoms with Crippen molar-refractivity contribution in [2.75, 3.05) is 20.8 Å². The van der Waals surface area contributed by atoms with Crippen LogP contribution in [-0.4, -0.2) is 87.3 Å². The third-order valence-corrected chi connectivity index (χ3v) is 5.77. The van der Waals surface area contributed by atoms with Crippen LogP contribution in [-0.2, 0) is 4.74 Å². The molecule has 0 saturated carbocycles. The third-order valence-electron chi connectivity index (χ3n) is 5.77. The highest BCUT2D eigenvalue weighted by Gasteiger charge is 2.45. The molecule has 194 valence electrons. The molecule has 36 heavy (non-hydrogen) atoms. The summed E-state index contributed by atoms with van der Waals surface area (Å²) in [4.78, 5) is 13.6. The van der Waals surface area contributed by atoms with E-state index in [-0.39, 0.29) is 33.8 Å². The monoisotopic (exact) mass is 508 g/mol. The van der Waals surface area contributed by atoms with Gasteiger partial charge in [-0.1, -0.05) is 0 Å². The van der Waals surface area contributed by atoms with Crippen LogP contribution < -0.4 is 19.6 Å².